The van der Waals surface area contributed by atoms with E-state index in [1.807, 2.05) is 24.3 Å². The summed E-state index contributed by atoms with van der Waals surface area (Å²) >= 11 is 0. The summed E-state index contributed by atoms with van der Waals surface area (Å²) < 4.78 is 0. The number of halogens is 1. The number of anilines is 1. The Morgan fingerprint density at radius 1 is 1.14 bits per heavy atom. The normalized spacial score (nSPS) is 15.9. The first kappa shape index (κ1) is 23.2. The van der Waals surface area contributed by atoms with Gasteiger partial charge in [-0.25, -0.2) is 0 Å². The van der Waals surface area contributed by atoms with Crippen LogP contribution in [0.5, 0.6) is 0 Å². The molecule has 1 aliphatic rings. The highest BCUT2D eigenvalue weighted by molar-refractivity contribution is 14.0. The Morgan fingerprint density at radius 2 is 1.86 bits per heavy atom. The quantitative estimate of drug-likeness (QED) is 0.306. The van der Waals surface area contributed by atoms with Crippen LogP contribution in [0.2, 0.25) is 0 Å². The molecule has 2 aromatic carbocycles. The molecule has 1 atom stereocenters. The van der Waals surface area contributed by atoms with E-state index in [9.17, 15) is 4.79 Å². The number of hydrogen-bond donors (Lipinski definition) is 3. The molecule has 6 nitrogen and oxygen atoms in total. The number of rotatable bonds is 7. The van der Waals surface area contributed by atoms with Crippen molar-refractivity contribution in [1.82, 2.24) is 15.5 Å². The van der Waals surface area contributed by atoms with Gasteiger partial charge in [0.2, 0.25) is 5.91 Å². The molecule has 0 saturated carbocycles. The van der Waals surface area contributed by atoms with E-state index in [1.165, 1.54) is 11.1 Å². The molecule has 1 unspecified atom stereocenters. The molecule has 1 heterocycles. The topological polar surface area (TPSA) is 68.8 Å². The predicted octanol–water partition coefficient (Wildman–Crippen LogP) is 3.03. The zero-order valence-corrected chi connectivity index (χ0v) is 19.4. The van der Waals surface area contributed by atoms with Gasteiger partial charge in [-0.3, -0.25) is 9.79 Å². The molecule has 0 aromatic heterocycles. The van der Waals surface area contributed by atoms with E-state index in [0.29, 0.717) is 13.0 Å². The summed E-state index contributed by atoms with van der Waals surface area (Å²) in [5, 5.41) is 9.66. The second kappa shape index (κ2) is 11.8. The number of nitrogens with one attached hydrogen (secondary N) is 3. The van der Waals surface area contributed by atoms with Crippen molar-refractivity contribution in [3.8, 4) is 0 Å². The SMILES string of the molecule is CN=C(NCCN(C)Cc1ccccc1)NCC1CC(=O)Nc2ccccc21.I. The van der Waals surface area contributed by atoms with Gasteiger partial charge in [-0.1, -0.05) is 48.5 Å². The number of likely N-dealkylation sites (N-methyl/N-ethyl adjacent to an activating group) is 1. The highest BCUT2D eigenvalue weighted by Gasteiger charge is 2.24. The number of benzene rings is 2. The average molecular weight is 507 g/mol. The number of para-hydroxylation sites is 1. The number of amides is 1. The first-order valence-electron chi connectivity index (χ1n) is 9.71. The Labute approximate surface area is 190 Å². The lowest BCUT2D eigenvalue weighted by Gasteiger charge is -2.26. The van der Waals surface area contributed by atoms with Crippen molar-refractivity contribution in [2.75, 3.05) is 39.0 Å². The van der Waals surface area contributed by atoms with E-state index in [1.54, 1.807) is 7.05 Å². The number of guanidine groups is 1. The Morgan fingerprint density at radius 3 is 2.62 bits per heavy atom. The van der Waals surface area contributed by atoms with Gasteiger partial charge in [0.15, 0.2) is 5.96 Å². The number of nitrogens with zero attached hydrogens (tertiary/aromatic N) is 2. The monoisotopic (exact) mass is 507 g/mol. The molecular formula is C22H30IN5O. The fourth-order valence-corrected chi connectivity index (χ4v) is 3.46. The largest absolute Gasteiger partial charge is 0.356 e. The Kier molecular flexibility index (Phi) is 9.40. The molecule has 0 bridgehead atoms. The fourth-order valence-electron chi connectivity index (χ4n) is 3.46. The van der Waals surface area contributed by atoms with Gasteiger partial charge in [0.25, 0.3) is 0 Å². The van der Waals surface area contributed by atoms with Crippen LogP contribution >= 0.6 is 24.0 Å². The van der Waals surface area contributed by atoms with E-state index < -0.39 is 0 Å². The van der Waals surface area contributed by atoms with Crippen LogP contribution in [-0.2, 0) is 11.3 Å². The van der Waals surface area contributed by atoms with Crippen LogP contribution in [0.25, 0.3) is 0 Å². The Bertz CT molecular complexity index is 812. The van der Waals surface area contributed by atoms with Gasteiger partial charge in [-0.2, -0.15) is 0 Å². The number of hydrogen-bond acceptors (Lipinski definition) is 3. The standard InChI is InChI=1S/C22H29N5O.HI/c1-23-22(24-12-13-27(2)16-17-8-4-3-5-9-17)25-15-18-14-21(28)26-20-11-7-6-10-19(18)20;/h3-11,18H,12-16H2,1-2H3,(H,26,28)(H2,23,24,25);1H. The molecule has 1 aliphatic heterocycles. The van der Waals surface area contributed by atoms with E-state index in [2.05, 4.69) is 63.2 Å². The minimum absolute atomic E-state index is 0. The second-order valence-corrected chi connectivity index (χ2v) is 7.14. The third-order valence-electron chi connectivity index (χ3n) is 4.93. The van der Waals surface area contributed by atoms with Crippen molar-refractivity contribution >= 4 is 41.5 Å². The van der Waals surface area contributed by atoms with Gasteiger partial charge in [-0.05, 0) is 24.2 Å². The van der Waals surface area contributed by atoms with Gasteiger partial charge in [0.05, 0.1) is 0 Å². The number of carbonyl (C=O) groups excluding carboxylic acids is 1. The summed E-state index contributed by atoms with van der Waals surface area (Å²) in [6.45, 7) is 3.29. The van der Waals surface area contributed by atoms with Gasteiger partial charge >= 0.3 is 0 Å². The highest BCUT2D eigenvalue weighted by Crippen LogP contribution is 2.31. The summed E-state index contributed by atoms with van der Waals surface area (Å²) in [5.74, 6) is 0.969. The van der Waals surface area contributed by atoms with Crippen molar-refractivity contribution in [3.05, 3.63) is 65.7 Å². The van der Waals surface area contributed by atoms with Crippen LogP contribution < -0.4 is 16.0 Å². The zero-order chi connectivity index (χ0) is 19.8. The van der Waals surface area contributed by atoms with Crippen molar-refractivity contribution < 1.29 is 4.79 Å². The van der Waals surface area contributed by atoms with Crippen molar-refractivity contribution in [2.24, 2.45) is 4.99 Å². The maximum atomic E-state index is 12.0. The van der Waals surface area contributed by atoms with Crippen LogP contribution in [0.1, 0.15) is 23.5 Å². The molecule has 0 radical (unpaired) electrons. The van der Waals surface area contributed by atoms with Crippen molar-refractivity contribution in [2.45, 2.75) is 18.9 Å². The van der Waals surface area contributed by atoms with Gasteiger partial charge in [-0.15, -0.1) is 24.0 Å². The molecule has 1 amide bonds. The molecule has 2 aromatic rings. The third-order valence-corrected chi connectivity index (χ3v) is 4.93. The molecule has 3 N–H and O–H groups in total. The zero-order valence-electron chi connectivity index (χ0n) is 17.0. The molecule has 7 heteroatoms. The smallest absolute Gasteiger partial charge is 0.225 e. The van der Waals surface area contributed by atoms with Gasteiger partial charge in [0.1, 0.15) is 0 Å². The van der Waals surface area contributed by atoms with Crippen LogP contribution in [0.15, 0.2) is 59.6 Å². The minimum Gasteiger partial charge on any atom is -0.356 e. The maximum absolute atomic E-state index is 12.0. The van der Waals surface area contributed by atoms with Crippen LogP contribution in [0.4, 0.5) is 5.69 Å². The summed E-state index contributed by atoms with van der Waals surface area (Å²) in [4.78, 5) is 18.5. The van der Waals surface area contributed by atoms with Crippen LogP contribution in [0, 0.1) is 0 Å². The predicted molar refractivity (Wildman–Crippen MR) is 130 cm³/mol. The lowest BCUT2D eigenvalue weighted by atomic mass is 9.90. The molecule has 29 heavy (non-hydrogen) atoms. The number of fused-ring (bicyclic) bond motifs is 1. The van der Waals surface area contributed by atoms with E-state index >= 15 is 0 Å². The lowest BCUT2D eigenvalue weighted by Crippen LogP contribution is -2.43. The molecule has 0 spiro atoms. The van der Waals surface area contributed by atoms with Crippen molar-refractivity contribution in [3.63, 3.8) is 0 Å². The van der Waals surface area contributed by atoms with E-state index in [0.717, 1.165) is 31.3 Å². The number of aliphatic imine (C=N–C) groups is 1. The second-order valence-electron chi connectivity index (χ2n) is 7.14. The molecule has 0 fully saturated rings. The Balaban J connectivity index is 0.00000300. The summed E-state index contributed by atoms with van der Waals surface area (Å²) in [7, 11) is 3.88. The van der Waals surface area contributed by atoms with Crippen molar-refractivity contribution in [1.29, 1.82) is 0 Å². The fraction of sp³-hybridized carbons (Fsp3) is 0.364. The molecule has 0 saturated heterocycles. The van der Waals surface area contributed by atoms with Gasteiger partial charge < -0.3 is 20.9 Å². The average Bonchev–Trinajstić information content (AvgIpc) is 2.71. The van der Waals surface area contributed by atoms with E-state index in [4.69, 9.17) is 0 Å². The summed E-state index contributed by atoms with van der Waals surface area (Å²) in [6.07, 6.45) is 0.487. The Hall–Kier alpha value is -2.13. The van der Waals surface area contributed by atoms with Crippen LogP contribution in [-0.4, -0.2) is 50.5 Å². The molecule has 3 rings (SSSR count). The lowest BCUT2D eigenvalue weighted by molar-refractivity contribution is -0.116. The minimum atomic E-state index is 0. The third kappa shape index (κ3) is 7.01. The van der Waals surface area contributed by atoms with Crippen LogP contribution in [0.3, 0.4) is 0 Å². The first-order valence-corrected chi connectivity index (χ1v) is 9.71. The summed E-state index contributed by atoms with van der Waals surface area (Å²) in [6, 6.07) is 18.4. The van der Waals surface area contributed by atoms with E-state index in [-0.39, 0.29) is 35.8 Å². The number of carbonyl (C=O) groups is 1. The first-order chi connectivity index (χ1) is 13.7. The summed E-state index contributed by atoms with van der Waals surface area (Å²) in [5.41, 5.74) is 3.39. The molecular weight excluding hydrogens is 477 g/mol. The highest BCUT2D eigenvalue weighted by atomic mass is 127. The molecule has 0 aliphatic carbocycles. The van der Waals surface area contributed by atoms with Gasteiger partial charge in [0, 0.05) is 51.3 Å². The molecule has 156 valence electrons. The maximum Gasteiger partial charge on any atom is 0.225 e.